The molecule has 2 heterocycles. The third-order valence-corrected chi connectivity index (χ3v) is 6.54. The zero-order valence-electron chi connectivity index (χ0n) is 18.3. The van der Waals surface area contributed by atoms with Crippen molar-refractivity contribution in [1.82, 2.24) is 15.1 Å². The van der Waals surface area contributed by atoms with Crippen LogP contribution in [0.4, 0.5) is 31.1 Å². The smallest absolute Gasteiger partial charge is 0.334 e. The van der Waals surface area contributed by atoms with Crippen molar-refractivity contribution in [3.05, 3.63) is 70.8 Å². The maximum Gasteiger partial charge on any atom is 0.416 e. The number of carbonyl (C=O) groups excluding carboxylic acids is 1. The van der Waals surface area contributed by atoms with E-state index in [-0.39, 0.29) is 18.0 Å². The molecule has 0 aromatic heterocycles. The van der Waals surface area contributed by atoms with Crippen LogP contribution in [0.3, 0.4) is 0 Å². The first kappa shape index (κ1) is 24.4. The predicted octanol–water partition coefficient (Wildman–Crippen LogP) is 5.53. The molecule has 0 spiro atoms. The van der Waals surface area contributed by atoms with Crippen LogP contribution in [0.5, 0.6) is 0 Å². The summed E-state index contributed by atoms with van der Waals surface area (Å²) in [6.45, 7) is 2.24. The van der Waals surface area contributed by atoms with E-state index in [0.29, 0.717) is 19.2 Å². The Morgan fingerprint density at radius 3 is 2.38 bits per heavy atom. The monoisotopic (exact) mass is 485 g/mol. The Hall–Kier alpha value is -2.75. The van der Waals surface area contributed by atoms with Gasteiger partial charge in [-0.05, 0) is 42.0 Å². The molecule has 2 aliphatic rings. The van der Waals surface area contributed by atoms with Crippen molar-refractivity contribution >= 4 is 6.03 Å². The summed E-state index contributed by atoms with van der Waals surface area (Å²) in [6, 6.07) is 10.9. The maximum absolute atomic E-state index is 13.4. The highest BCUT2D eigenvalue weighted by Gasteiger charge is 2.41. The molecule has 2 aromatic rings. The number of carbonyl (C=O) groups is 1. The zero-order valence-corrected chi connectivity index (χ0v) is 18.3. The lowest BCUT2D eigenvalue weighted by atomic mass is 9.92. The molecule has 2 fully saturated rings. The lowest BCUT2D eigenvalue weighted by molar-refractivity contribution is -0.143. The number of rotatable bonds is 4. The molecule has 0 aliphatic carbocycles. The number of hydrogen-bond acceptors (Lipinski definition) is 2. The molecule has 2 saturated heterocycles. The number of nitrogens with zero attached hydrogens (tertiary/aromatic N) is 2. The van der Waals surface area contributed by atoms with E-state index in [1.165, 1.54) is 5.56 Å². The number of amides is 2. The summed E-state index contributed by atoms with van der Waals surface area (Å²) in [6.07, 6.45) is -8.10. The minimum Gasteiger partial charge on any atom is -0.334 e. The van der Waals surface area contributed by atoms with E-state index < -0.39 is 41.6 Å². The van der Waals surface area contributed by atoms with Gasteiger partial charge in [-0.2, -0.15) is 26.3 Å². The van der Waals surface area contributed by atoms with Gasteiger partial charge in [0.2, 0.25) is 0 Å². The van der Waals surface area contributed by atoms with Crippen LogP contribution < -0.4 is 5.32 Å². The lowest BCUT2D eigenvalue weighted by Crippen LogP contribution is -2.52. The summed E-state index contributed by atoms with van der Waals surface area (Å²) in [5, 5.41) is 2.50. The Morgan fingerprint density at radius 2 is 1.71 bits per heavy atom. The molecule has 1 N–H and O–H groups in total. The number of fused-ring (bicyclic) bond motifs is 1. The molecule has 4 nitrogen and oxygen atoms in total. The van der Waals surface area contributed by atoms with Crippen LogP contribution in [-0.2, 0) is 25.4 Å². The highest BCUT2D eigenvalue weighted by Crippen LogP contribution is 2.37. The molecule has 2 aliphatic heterocycles. The number of halogens is 6. The van der Waals surface area contributed by atoms with Gasteiger partial charge in [0, 0.05) is 32.7 Å². The quantitative estimate of drug-likeness (QED) is 0.578. The van der Waals surface area contributed by atoms with Crippen LogP contribution in [0.2, 0.25) is 0 Å². The Bertz CT molecular complexity index is 1010. The van der Waals surface area contributed by atoms with E-state index in [1.54, 1.807) is 4.90 Å². The number of urea groups is 1. The van der Waals surface area contributed by atoms with Crippen molar-refractivity contribution < 1.29 is 31.1 Å². The number of alkyl halides is 6. The summed E-state index contributed by atoms with van der Waals surface area (Å²) >= 11 is 0. The fraction of sp³-hybridized carbons (Fsp3) is 0.458. The molecular weight excluding hydrogens is 460 g/mol. The Morgan fingerprint density at radius 1 is 0.971 bits per heavy atom. The number of nitrogens with one attached hydrogen (secondary N) is 1. The van der Waals surface area contributed by atoms with Crippen LogP contribution in [-0.4, -0.2) is 41.5 Å². The minimum atomic E-state index is -4.97. The normalized spacial score (nSPS) is 21.4. The molecule has 0 saturated carbocycles. The van der Waals surface area contributed by atoms with E-state index in [1.807, 2.05) is 30.3 Å². The van der Waals surface area contributed by atoms with Crippen molar-refractivity contribution in [3.8, 4) is 0 Å². The van der Waals surface area contributed by atoms with Crippen molar-refractivity contribution in [2.24, 2.45) is 5.92 Å². The van der Waals surface area contributed by atoms with Gasteiger partial charge in [0.05, 0.1) is 17.2 Å². The summed E-state index contributed by atoms with van der Waals surface area (Å²) in [5.74, 6) is 0.278. The number of piperidine rings is 1. The molecular formula is C24H25F6N3O. The fourth-order valence-corrected chi connectivity index (χ4v) is 4.93. The van der Waals surface area contributed by atoms with E-state index in [0.717, 1.165) is 32.0 Å². The standard InChI is InChI=1S/C24H25F6N3O/c25-23(26,27)19-9-8-17(20(11-19)24(28,29)30)12-31-22(34)33-10-4-7-18-14-32(15-21(18)33)13-16-5-2-1-3-6-16/h1-3,5-6,8-9,11,18,21H,4,7,10,12-15H2,(H,31,34)/t18-,21+/m0/s1. The van der Waals surface area contributed by atoms with E-state index >= 15 is 0 Å². The van der Waals surface area contributed by atoms with Gasteiger partial charge in [0.15, 0.2) is 0 Å². The zero-order chi connectivity index (χ0) is 24.5. The van der Waals surface area contributed by atoms with E-state index in [4.69, 9.17) is 0 Å². The fourth-order valence-electron chi connectivity index (χ4n) is 4.93. The second kappa shape index (κ2) is 9.48. The van der Waals surface area contributed by atoms with Gasteiger partial charge in [-0.3, -0.25) is 4.90 Å². The minimum absolute atomic E-state index is 0.0489. The number of likely N-dealkylation sites (tertiary alicyclic amines) is 2. The first-order valence-corrected chi connectivity index (χ1v) is 11.1. The van der Waals surface area contributed by atoms with Gasteiger partial charge in [0.25, 0.3) is 0 Å². The second-order valence-corrected chi connectivity index (χ2v) is 8.87. The average molecular weight is 485 g/mol. The Kier molecular flexibility index (Phi) is 6.80. The van der Waals surface area contributed by atoms with Gasteiger partial charge >= 0.3 is 18.4 Å². The van der Waals surface area contributed by atoms with Crippen molar-refractivity contribution in [1.29, 1.82) is 0 Å². The lowest BCUT2D eigenvalue weighted by Gasteiger charge is -2.37. The number of hydrogen-bond donors (Lipinski definition) is 1. The summed E-state index contributed by atoms with van der Waals surface area (Å²) in [4.78, 5) is 16.8. The Labute approximate surface area is 193 Å². The van der Waals surface area contributed by atoms with Crippen molar-refractivity contribution in [2.45, 2.75) is 44.3 Å². The predicted molar refractivity (Wildman–Crippen MR) is 114 cm³/mol. The van der Waals surface area contributed by atoms with Gasteiger partial charge in [0.1, 0.15) is 0 Å². The Balaban J connectivity index is 1.43. The van der Waals surface area contributed by atoms with Gasteiger partial charge in [-0.25, -0.2) is 4.79 Å². The molecule has 34 heavy (non-hydrogen) atoms. The van der Waals surface area contributed by atoms with Crippen LogP contribution in [0, 0.1) is 5.92 Å². The molecule has 0 bridgehead atoms. The number of benzene rings is 2. The second-order valence-electron chi connectivity index (χ2n) is 8.87. The molecule has 10 heteroatoms. The average Bonchev–Trinajstić information content (AvgIpc) is 3.19. The maximum atomic E-state index is 13.4. The molecule has 4 rings (SSSR count). The van der Waals surface area contributed by atoms with E-state index in [2.05, 4.69) is 10.2 Å². The van der Waals surface area contributed by atoms with Crippen molar-refractivity contribution in [2.75, 3.05) is 19.6 Å². The summed E-state index contributed by atoms with van der Waals surface area (Å²) in [7, 11) is 0. The van der Waals surface area contributed by atoms with Gasteiger partial charge in [-0.15, -0.1) is 0 Å². The molecule has 184 valence electrons. The third kappa shape index (κ3) is 5.48. The summed E-state index contributed by atoms with van der Waals surface area (Å²) in [5.41, 5.74) is -2.01. The van der Waals surface area contributed by atoms with Crippen molar-refractivity contribution in [3.63, 3.8) is 0 Å². The highest BCUT2D eigenvalue weighted by molar-refractivity contribution is 5.75. The molecule has 2 atom stereocenters. The molecule has 2 aromatic carbocycles. The third-order valence-electron chi connectivity index (χ3n) is 6.54. The van der Waals surface area contributed by atoms with E-state index in [9.17, 15) is 31.1 Å². The molecule has 2 amide bonds. The van der Waals surface area contributed by atoms with Crippen LogP contribution >= 0.6 is 0 Å². The molecule has 0 unspecified atom stereocenters. The largest absolute Gasteiger partial charge is 0.416 e. The first-order chi connectivity index (χ1) is 16.0. The van der Waals surface area contributed by atoms with Gasteiger partial charge in [-0.1, -0.05) is 36.4 Å². The summed E-state index contributed by atoms with van der Waals surface area (Å²) < 4.78 is 78.9. The topological polar surface area (TPSA) is 35.6 Å². The van der Waals surface area contributed by atoms with Gasteiger partial charge < -0.3 is 10.2 Å². The SMILES string of the molecule is O=C(NCc1ccc(C(F)(F)F)cc1C(F)(F)F)N1CCC[C@H]2CN(Cc3ccccc3)C[C@H]21. The molecule has 0 radical (unpaired) electrons. The first-order valence-electron chi connectivity index (χ1n) is 11.1. The van der Waals surface area contributed by atoms with Crippen LogP contribution in [0.25, 0.3) is 0 Å². The van der Waals surface area contributed by atoms with Crippen LogP contribution in [0.1, 0.15) is 35.1 Å². The van der Waals surface area contributed by atoms with Crippen LogP contribution in [0.15, 0.2) is 48.5 Å². The highest BCUT2D eigenvalue weighted by atomic mass is 19.4.